The second kappa shape index (κ2) is 18.3. The van der Waals surface area contributed by atoms with Crippen LogP contribution >= 0.6 is 11.3 Å². The van der Waals surface area contributed by atoms with Crippen LogP contribution in [0.1, 0.15) is 53.5 Å². The topological polar surface area (TPSA) is 38.9 Å². The minimum absolute atomic E-state index is 0.815. The molecule has 0 radical (unpaired) electrons. The van der Waals surface area contributed by atoms with Gasteiger partial charge in [-0.15, -0.1) is 0 Å². The fourth-order valence-corrected chi connectivity index (χ4v) is 2.63. The normalized spacial score (nSPS) is 8.63. The third-order valence-electron chi connectivity index (χ3n) is 3.17. The van der Waals surface area contributed by atoms with Crippen molar-refractivity contribution in [3.63, 3.8) is 0 Å². The van der Waals surface area contributed by atoms with Crippen molar-refractivity contribution >= 4 is 11.3 Å². The summed E-state index contributed by atoms with van der Waals surface area (Å²) in [7, 11) is 0. The Morgan fingerprint density at radius 2 is 1.57 bits per heavy atom. The first-order valence-electron chi connectivity index (χ1n) is 10.6. The minimum Gasteiger partial charge on any atom is -0.463 e. The van der Waals surface area contributed by atoms with Crippen LogP contribution in [0.4, 0.5) is 0 Å². The van der Waals surface area contributed by atoms with Gasteiger partial charge in [-0.2, -0.15) is 11.3 Å². The lowest BCUT2D eigenvalue weighted by atomic mass is 10.2. The average Bonchev–Trinajstić information content (AvgIpc) is 3.54. The molecular weight excluding hydrogens is 388 g/mol. The zero-order valence-corrected chi connectivity index (χ0v) is 20.2. The Morgan fingerprint density at radius 3 is 2.03 bits per heavy atom. The van der Waals surface area contributed by atoms with Gasteiger partial charge in [-0.3, -0.25) is 9.97 Å². The highest BCUT2D eigenvalue weighted by Crippen LogP contribution is 2.18. The van der Waals surface area contributed by atoms with Crippen molar-refractivity contribution in [2.75, 3.05) is 0 Å². The van der Waals surface area contributed by atoms with Crippen LogP contribution in [0, 0.1) is 6.92 Å². The van der Waals surface area contributed by atoms with Crippen molar-refractivity contribution in [2.45, 2.75) is 54.9 Å². The van der Waals surface area contributed by atoms with Gasteiger partial charge in [0.25, 0.3) is 0 Å². The van der Waals surface area contributed by atoms with Crippen LogP contribution in [0.5, 0.6) is 0 Å². The molecular formula is C26H36N2OS. The third kappa shape index (κ3) is 10.7. The monoisotopic (exact) mass is 424 g/mol. The fraction of sp³-hybridized carbons (Fsp3) is 0.308. The van der Waals surface area contributed by atoms with Gasteiger partial charge in [-0.1, -0.05) is 60.1 Å². The molecule has 0 aliphatic heterocycles. The summed E-state index contributed by atoms with van der Waals surface area (Å²) >= 11 is 1.69. The molecule has 4 heteroatoms. The second-order valence-electron chi connectivity index (χ2n) is 5.63. The van der Waals surface area contributed by atoms with E-state index in [2.05, 4.69) is 40.6 Å². The summed E-state index contributed by atoms with van der Waals surface area (Å²) in [5.74, 6) is 0.815. The van der Waals surface area contributed by atoms with Gasteiger partial charge < -0.3 is 4.42 Å². The molecule has 0 aliphatic rings. The summed E-state index contributed by atoms with van der Waals surface area (Å²) in [5, 5.41) is 4.16. The van der Waals surface area contributed by atoms with E-state index in [1.54, 1.807) is 17.6 Å². The van der Waals surface area contributed by atoms with Crippen LogP contribution in [0.25, 0.3) is 22.7 Å². The molecule has 4 rings (SSSR count). The number of furan rings is 1. The van der Waals surface area contributed by atoms with Crippen LogP contribution in [0.2, 0.25) is 0 Å². The molecule has 30 heavy (non-hydrogen) atoms. The highest BCUT2D eigenvalue weighted by atomic mass is 32.1. The Bertz CT molecular complexity index is 825. The Hall–Kier alpha value is -2.72. The van der Waals surface area contributed by atoms with E-state index in [9.17, 15) is 0 Å². The molecule has 0 saturated heterocycles. The zero-order valence-electron chi connectivity index (χ0n) is 19.4. The van der Waals surface area contributed by atoms with Gasteiger partial charge in [0.1, 0.15) is 5.69 Å². The SMILES string of the molecule is CC.CC.CCC.Cc1ccc(-c2ccco2)nc1.c1ccc(-c2ccsc2)nc1. The lowest BCUT2D eigenvalue weighted by molar-refractivity contribution is 0.580. The molecule has 162 valence electrons. The third-order valence-corrected chi connectivity index (χ3v) is 3.85. The number of hydrogen-bond donors (Lipinski definition) is 0. The maximum Gasteiger partial charge on any atom is 0.152 e. The average molecular weight is 425 g/mol. The van der Waals surface area contributed by atoms with Crippen molar-refractivity contribution in [3.05, 3.63) is 83.5 Å². The standard InChI is InChI=1S/C10H9NO.C9H7NS.C3H8.2C2H6/c1-8-4-5-9(11-7-8)10-3-2-6-12-10;1-2-5-10-9(3-1)8-4-6-11-7-8;1-3-2;2*1-2/h2-7H,1H3;1-7H;3H2,1-2H3;2*1-2H3. The first-order chi connectivity index (χ1) is 14.7. The molecule has 4 aromatic rings. The number of aromatic nitrogens is 2. The lowest BCUT2D eigenvalue weighted by Gasteiger charge is -1.95. The first kappa shape index (κ1) is 27.3. The van der Waals surface area contributed by atoms with Crippen molar-refractivity contribution in [1.82, 2.24) is 9.97 Å². The van der Waals surface area contributed by atoms with E-state index in [-0.39, 0.29) is 0 Å². The van der Waals surface area contributed by atoms with Gasteiger partial charge in [0.2, 0.25) is 0 Å². The summed E-state index contributed by atoms with van der Waals surface area (Å²) in [6.45, 7) is 14.3. The molecule has 0 aromatic carbocycles. The first-order valence-corrected chi connectivity index (χ1v) is 11.6. The summed E-state index contributed by atoms with van der Waals surface area (Å²) in [4.78, 5) is 8.45. The van der Waals surface area contributed by atoms with Gasteiger partial charge in [0, 0.05) is 23.3 Å². The van der Waals surface area contributed by atoms with Crippen LogP contribution in [0.3, 0.4) is 0 Å². The Labute approximate surface area is 186 Å². The molecule has 0 aliphatic carbocycles. The lowest BCUT2D eigenvalue weighted by Crippen LogP contribution is -1.80. The molecule has 0 bridgehead atoms. The maximum atomic E-state index is 5.20. The van der Waals surface area contributed by atoms with Crippen molar-refractivity contribution < 1.29 is 4.42 Å². The predicted molar refractivity (Wildman–Crippen MR) is 133 cm³/mol. The molecule has 3 nitrogen and oxygen atoms in total. The van der Waals surface area contributed by atoms with E-state index in [1.807, 2.05) is 89.5 Å². The predicted octanol–water partition coefficient (Wildman–Crippen LogP) is 8.93. The molecule has 0 unspecified atom stereocenters. The molecule has 0 atom stereocenters. The maximum absolute atomic E-state index is 5.20. The van der Waals surface area contributed by atoms with E-state index in [0.717, 1.165) is 22.7 Å². The number of nitrogens with zero attached hydrogens (tertiary/aromatic N) is 2. The van der Waals surface area contributed by atoms with Crippen molar-refractivity contribution in [2.24, 2.45) is 0 Å². The highest BCUT2D eigenvalue weighted by Gasteiger charge is 1.99. The Morgan fingerprint density at radius 1 is 0.833 bits per heavy atom. The number of hydrogen-bond acceptors (Lipinski definition) is 4. The van der Waals surface area contributed by atoms with Crippen LogP contribution in [-0.4, -0.2) is 9.97 Å². The molecule has 0 spiro atoms. The van der Waals surface area contributed by atoms with E-state index in [4.69, 9.17) is 4.42 Å². The van der Waals surface area contributed by atoms with E-state index < -0.39 is 0 Å². The fourth-order valence-electron chi connectivity index (χ4n) is 1.98. The molecule has 4 aromatic heterocycles. The number of rotatable bonds is 2. The molecule has 0 fully saturated rings. The zero-order chi connectivity index (χ0) is 22.6. The van der Waals surface area contributed by atoms with Crippen LogP contribution in [-0.2, 0) is 0 Å². The number of thiophene rings is 1. The quantitative estimate of drug-likeness (QED) is 0.322. The molecule has 4 heterocycles. The molecule has 0 N–H and O–H groups in total. The van der Waals surface area contributed by atoms with Gasteiger partial charge in [-0.25, -0.2) is 0 Å². The summed E-state index contributed by atoms with van der Waals surface area (Å²) in [5.41, 5.74) is 4.29. The summed E-state index contributed by atoms with van der Waals surface area (Å²) in [6, 6.07) is 15.7. The smallest absolute Gasteiger partial charge is 0.152 e. The van der Waals surface area contributed by atoms with Gasteiger partial charge in [-0.05, 0) is 54.3 Å². The molecule has 0 amide bonds. The van der Waals surface area contributed by atoms with E-state index in [1.165, 1.54) is 12.0 Å². The largest absolute Gasteiger partial charge is 0.463 e. The summed E-state index contributed by atoms with van der Waals surface area (Å²) < 4.78 is 5.20. The Balaban J connectivity index is 0.000000435. The highest BCUT2D eigenvalue weighted by molar-refractivity contribution is 7.08. The van der Waals surface area contributed by atoms with Crippen molar-refractivity contribution in [3.8, 4) is 22.7 Å². The van der Waals surface area contributed by atoms with Gasteiger partial charge in [0.05, 0.1) is 12.0 Å². The summed E-state index contributed by atoms with van der Waals surface area (Å²) in [6.07, 6.45) is 6.54. The van der Waals surface area contributed by atoms with Gasteiger partial charge in [0.15, 0.2) is 5.76 Å². The Kier molecular flexibility index (Phi) is 16.7. The minimum atomic E-state index is 0.815. The number of pyridine rings is 2. The second-order valence-corrected chi connectivity index (χ2v) is 6.41. The molecule has 0 saturated carbocycles. The van der Waals surface area contributed by atoms with E-state index >= 15 is 0 Å². The van der Waals surface area contributed by atoms with Crippen LogP contribution < -0.4 is 0 Å². The van der Waals surface area contributed by atoms with Crippen molar-refractivity contribution in [1.29, 1.82) is 0 Å². The number of aryl methyl sites for hydroxylation is 1. The van der Waals surface area contributed by atoms with Gasteiger partial charge >= 0.3 is 0 Å². The van der Waals surface area contributed by atoms with Crippen LogP contribution in [0.15, 0.2) is 82.4 Å². The van der Waals surface area contributed by atoms with E-state index in [0.29, 0.717) is 0 Å².